The summed E-state index contributed by atoms with van der Waals surface area (Å²) in [6.07, 6.45) is 1.77. The van der Waals surface area contributed by atoms with E-state index in [2.05, 4.69) is 11.3 Å². The minimum absolute atomic E-state index is 0.0935. The molecule has 0 bridgehead atoms. The molecule has 0 saturated carbocycles. The SMILES string of the molecule is C=Cc1ccc(C(=O)N2CC[C@@H]2C(=O)OC)cc1SC(F)(F)F. The summed E-state index contributed by atoms with van der Waals surface area (Å²) >= 11 is -0.301. The van der Waals surface area contributed by atoms with Crippen molar-refractivity contribution in [1.29, 1.82) is 0 Å². The second-order valence-electron chi connectivity index (χ2n) is 4.83. The molecule has 0 N–H and O–H groups in total. The summed E-state index contributed by atoms with van der Waals surface area (Å²) in [4.78, 5) is 25.1. The lowest BCUT2D eigenvalue weighted by molar-refractivity contribution is -0.149. The Morgan fingerprint density at radius 3 is 2.61 bits per heavy atom. The molecule has 124 valence electrons. The van der Waals surface area contributed by atoms with Crippen molar-refractivity contribution in [3.63, 3.8) is 0 Å². The van der Waals surface area contributed by atoms with E-state index in [-0.39, 0.29) is 27.8 Å². The van der Waals surface area contributed by atoms with Gasteiger partial charge in [-0.05, 0) is 35.9 Å². The molecule has 23 heavy (non-hydrogen) atoms. The van der Waals surface area contributed by atoms with Crippen LogP contribution in [0, 0.1) is 0 Å². The monoisotopic (exact) mass is 345 g/mol. The number of methoxy groups -OCH3 is 1. The highest BCUT2D eigenvalue weighted by Gasteiger charge is 2.39. The van der Waals surface area contributed by atoms with E-state index in [4.69, 9.17) is 0 Å². The van der Waals surface area contributed by atoms with Crippen molar-refractivity contribution in [1.82, 2.24) is 4.90 Å². The molecular weight excluding hydrogens is 331 g/mol. The molecular formula is C15H14F3NO3S. The molecule has 0 radical (unpaired) electrons. The van der Waals surface area contributed by atoms with Crippen LogP contribution in [-0.4, -0.2) is 42.0 Å². The van der Waals surface area contributed by atoms with Gasteiger partial charge in [0.05, 0.1) is 7.11 Å². The Hall–Kier alpha value is -1.96. The van der Waals surface area contributed by atoms with E-state index in [1.165, 1.54) is 36.3 Å². The number of hydrogen-bond donors (Lipinski definition) is 0. The molecule has 1 heterocycles. The van der Waals surface area contributed by atoms with Gasteiger partial charge in [0.1, 0.15) is 6.04 Å². The van der Waals surface area contributed by atoms with Crippen molar-refractivity contribution in [2.24, 2.45) is 0 Å². The molecule has 1 aliphatic heterocycles. The lowest BCUT2D eigenvalue weighted by Gasteiger charge is -2.38. The Bertz CT molecular complexity index is 645. The van der Waals surface area contributed by atoms with Gasteiger partial charge in [-0.1, -0.05) is 18.7 Å². The van der Waals surface area contributed by atoms with E-state index in [9.17, 15) is 22.8 Å². The van der Waals surface area contributed by atoms with E-state index in [1.807, 2.05) is 0 Å². The lowest BCUT2D eigenvalue weighted by Crippen LogP contribution is -2.55. The van der Waals surface area contributed by atoms with E-state index >= 15 is 0 Å². The molecule has 0 aliphatic carbocycles. The first-order chi connectivity index (χ1) is 10.8. The highest BCUT2D eigenvalue weighted by atomic mass is 32.2. The van der Waals surface area contributed by atoms with Crippen LogP contribution in [0.15, 0.2) is 29.7 Å². The second-order valence-corrected chi connectivity index (χ2v) is 5.94. The molecule has 1 aromatic carbocycles. The number of alkyl halides is 3. The smallest absolute Gasteiger partial charge is 0.446 e. The maximum absolute atomic E-state index is 12.6. The van der Waals surface area contributed by atoms with Crippen molar-refractivity contribution in [2.75, 3.05) is 13.7 Å². The Morgan fingerprint density at radius 2 is 2.13 bits per heavy atom. The predicted octanol–water partition coefficient (Wildman–Crippen LogP) is 3.33. The number of esters is 1. The van der Waals surface area contributed by atoms with Gasteiger partial charge in [-0.3, -0.25) is 4.79 Å². The fourth-order valence-corrected chi connectivity index (χ4v) is 2.93. The Kier molecular flexibility index (Phi) is 5.03. The quantitative estimate of drug-likeness (QED) is 0.620. The van der Waals surface area contributed by atoms with E-state index in [0.29, 0.717) is 13.0 Å². The van der Waals surface area contributed by atoms with Gasteiger partial charge in [0, 0.05) is 17.0 Å². The maximum Gasteiger partial charge on any atom is 0.446 e. The standard InChI is InChI=1S/C15H14F3NO3S/c1-3-9-4-5-10(8-12(9)23-15(16,17)18)13(20)19-7-6-11(19)14(21)22-2/h3-5,8,11H,1,6-7H2,2H3/t11-/m1/s1. The van der Waals surface area contributed by atoms with Crippen molar-refractivity contribution in [2.45, 2.75) is 22.9 Å². The van der Waals surface area contributed by atoms with Gasteiger partial charge in [0.15, 0.2) is 0 Å². The van der Waals surface area contributed by atoms with Crippen molar-refractivity contribution < 1.29 is 27.5 Å². The zero-order chi connectivity index (χ0) is 17.2. The minimum atomic E-state index is -4.47. The fourth-order valence-electron chi connectivity index (χ4n) is 2.23. The number of amides is 1. The zero-order valence-electron chi connectivity index (χ0n) is 12.2. The van der Waals surface area contributed by atoms with Crippen LogP contribution >= 0.6 is 11.8 Å². The topological polar surface area (TPSA) is 46.6 Å². The molecule has 1 saturated heterocycles. The summed E-state index contributed by atoms with van der Waals surface area (Å²) in [5, 5.41) is 0. The molecule has 1 atom stereocenters. The molecule has 8 heteroatoms. The Balaban J connectivity index is 2.26. The number of benzene rings is 1. The summed E-state index contributed by atoms with van der Waals surface area (Å²) in [5.41, 5.74) is -4.09. The molecule has 2 rings (SSSR count). The average molecular weight is 345 g/mol. The number of ether oxygens (including phenoxy) is 1. The molecule has 0 unspecified atom stereocenters. The van der Waals surface area contributed by atoms with E-state index in [1.54, 1.807) is 0 Å². The summed E-state index contributed by atoms with van der Waals surface area (Å²) in [7, 11) is 1.22. The molecule has 0 aromatic heterocycles. The zero-order valence-corrected chi connectivity index (χ0v) is 13.0. The van der Waals surface area contributed by atoms with Crippen LogP contribution in [0.2, 0.25) is 0 Å². The number of hydrogen-bond acceptors (Lipinski definition) is 4. The van der Waals surface area contributed by atoms with Gasteiger partial charge in [0.2, 0.25) is 0 Å². The number of likely N-dealkylation sites (tertiary alicyclic amines) is 1. The lowest BCUT2D eigenvalue weighted by atomic mass is 10.0. The first kappa shape index (κ1) is 17.4. The summed E-state index contributed by atoms with van der Waals surface area (Å²) in [5.74, 6) is -1.02. The van der Waals surface area contributed by atoms with Gasteiger partial charge in [-0.15, -0.1) is 0 Å². The van der Waals surface area contributed by atoms with Gasteiger partial charge in [-0.2, -0.15) is 13.2 Å². The number of carbonyl (C=O) groups is 2. The Labute approximate surface area is 135 Å². The van der Waals surface area contributed by atoms with E-state index in [0.717, 1.165) is 0 Å². The molecule has 0 spiro atoms. The van der Waals surface area contributed by atoms with Crippen LogP contribution in [0.25, 0.3) is 6.08 Å². The number of thioether (sulfide) groups is 1. The van der Waals surface area contributed by atoms with Crippen LogP contribution in [0.1, 0.15) is 22.3 Å². The molecule has 1 aromatic rings. The van der Waals surface area contributed by atoms with E-state index < -0.39 is 23.4 Å². The van der Waals surface area contributed by atoms with Crippen LogP contribution < -0.4 is 0 Å². The molecule has 4 nitrogen and oxygen atoms in total. The highest BCUT2D eigenvalue weighted by Crippen LogP contribution is 2.39. The van der Waals surface area contributed by atoms with Crippen molar-refractivity contribution in [3.8, 4) is 0 Å². The third kappa shape index (κ3) is 3.87. The maximum atomic E-state index is 12.6. The average Bonchev–Trinajstić information content (AvgIpc) is 2.44. The number of halogens is 3. The highest BCUT2D eigenvalue weighted by molar-refractivity contribution is 8.00. The number of carbonyl (C=O) groups excluding carboxylic acids is 2. The first-order valence-corrected chi connectivity index (χ1v) is 7.49. The van der Waals surface area contributed by atoms with Gasteiger partial charge >= 0.3 is 11.5 Å². The number of rotatable bonds is 4. The summed E-state index contributed by atoms with van der Waals surface area (Å²) in [6, 6.07) is 3.32. The summed E-state index contributed by atoms with van der Waals surface area (Å²) in [6.45, 7) is 3.83. The van der Waals surface area contributed by atoms with Crippen LogP contribution in [0.5, 0.6) is 0 Å². The van der Waals surface area contributed by atoms with Crippen molar-refractivity contribution >= 4 is 29.7 Å². The largest absolute Gasteiger partial charge is 0.467 e. The third-order valence-corrected chi connectivity index (χ3v) is 4.26. The van der Waals surface area contributed by atoms with Crippen LogP contribution in [-0.2, 0) is 9.53 Å². The first-order valence-electron chi connectivity index (χ1n) is 6.68. The normalized spacial score (nSPS) is 17.4. The van der Waals surface area contributed by atoms with Gasteiger partial charge < -0.3 is 9.64 Å². The summed E-state index contributed by atoms with van der Waals surface area (Å²) < 4.78 is 42.4. The fraction of sp³-hybridized carbons (Fsp3) is 0.333. The third-order valence-electron chi connectivity index (χ3n) is 3.46. The van der Waals surface area contributed by atoms with Crippen LogP contribution in [0.3, 0.4) is 0 Å². The molecule has 1 amide bonds. The molecule has 1 aliphatic rings. The van der Waals surface area contributed by atoms with Crippen LogP contribution in [0.4, 0.5) is 13.2 Å². The predicted molar refractivity (Wildman–Crippen MR) is 79.9 cm³/mol. The van der Waals surface area contributed by atoms with Gasteiger partial charge in [0.25, 0.3) is 5.91 Å². The second kappa shape index (κ2) is 6.66. The van der Waals surface area contributed by atoms with Gasteiger partial charge in [-0.25, -0.2) is 4.79 Å². The minimum Gasteiger partial charge on any atom is -0.467 e. The van der Waals surface area contributed by atoms with Crippen molar-refractivity contribution in [3.05, 3.63) is 35.9 Å². The number of nitrogens with zero attached hydrogens (tertiary/aromatic N) is 1. The Morgan fingerprint density at radius 1 is 1.43 bits per heavy atom. The molecule has 1 fully saturated rings.